The molecule has 0 radical (unpaired) electrons. The van der Waals surface area contributed by atoms with E-state index in [9.17, 15) is 18.0 Å². The summed E-state index contributed by atoms with van der Waals surface area (Å²) in [5, 5.41) is -1.93. The van der Waals surface area contributed by atoms with Crippen LogP contribution in [0, 0.1) is 0 Å². The van der Waals surface area contributed by atoms with E-state index in [1.54, 1.807) is 0 Å². The van der Waals surface area contributed by atoms with E-state index in [2.05, 4.69) is 6.92 Å². The standard InChI is InChI=1S/C14H27NO6S/c1-2-3-4-5-6-7-8-9-10-21-14(17)12(11-13(15)16)22(18,19)20/h12H,2-11H2,1H3,(H2,15,16)(H,18,19,20). The van der Waals surface area contributed by atoms with Gasteiger partial charge in [0.1, 0.15) is 0 Å². The molecule has 0 heterocycles. The van der Waals surface area contributed by atoms with Crippen molar-refractivity contribution in [2.24, 2.45) is 5.73 Å². The largest absolute Gasteiger partial charge is 0.465 e. The molecule has 0 saturated heterocycles. The van der Waals surface area contributed by atoms with Crippen LogP contribution in [0.15, 0.2) is 0 Å². The fraction of sp³-hybridized carbons (Fsp3) is 0.857. The first kappa shape index (κ1) is 20.9. The van der Waals surface area contributed by atoms with Gasteiger partial charge in [0.05, 0.1) is 13.0 Å². The minimum atomic E-state index is -4.69. The Kier molecular flexibility index (Phi) is 10.8. The molecule has 0 aliphatic carbocycles. The first-order chi connectivity index (χ1) is 10.3. The summed E-state index contributed by atoms with van der Waals surface area (Å²) in [5.41, 5.74) is 4.85. The second-order valence-electron chi connectivity index (χ2n) is 5.32. The summed E-state index contributed by atoms with van der Waals surface area (Å²) in [7, 11) is -4.69. The molecule has 0 aromatic heterocycles. The highest BCUT2D eigenvalue weighted by Crippen LogP contribution is 2.10. The summed E-state index contributed by atoms with van der Waals surface area (Å²) in [6.45, 7) is 2.23. The Morgan fingerprint density at radius 1 is 1.05 bits per heavy atom. The highest BCUT2D eigenvalue weighted by atomic mass is 32.2. The van der Waals surface area contributed by atoms with Gasteiger partial charge in [0.2, 0.25) is 5.91 Å². The number of rotatable bonds is 13. The van der Waals surface area contributed by atoms with E-state index in [1.807, 2.05) is 0 Å². The molecule has 1 unspecified atom stereocenters. The summed E-state index contributed by atoms with van der Waals surface area (Å²) < 4.78 is 35.7. The summed E-state index contributed by atoms with van der Waals surface area (Å²) in [6, 6.07) is 0. The van der Waals surface area contributed by atoms with Gasteiger partial charge in [-0.1, -0.05) is 51.9 Å². The van der Waals surface area contributed by atoms with Crippen LogP contribution in [0.2, 0.25) is 0 Å². The number of primary amides is 1. The molecule has 22 heavy (non-hydrogen) atoms. The normalized spacial score (nSPS) is 12.8. The summed E-state index contributed by atoms with van der Waals surface area (Å²) in [6.07, 6.45) is 7.75. The number of ether oxygens (including phenoxy) is 1. The second kappa shape index (κ2) is 11.4. The van der Waals surface area contributed by atoms with Crippen LogP contribution in [0.25, 0.3) is 0 Å². The molecule has 1 atom stereocenters. The lowest BCUT2D eigenvalue weighted by Crippen LogP contribution is -2.35. The van der Waals surface area contributed by atoms with Gasteiger partial charge < -0.3 is 10.5 Å². The van der Waals surface area contributed by atoms with Crippen LogP contribution in [-0.4, -0.2) is 36.7 Å². The van der Waals surface area contributed by atoms with Crippen molar-refractivity contribution in [3.63, 3.8) is 0 Å². The SMILES string of the molecule is CCCCCCCCCCOC(=O)C(CC(N)=O)S(=O)(=O)O. The summed E-state index contributed by atoms with van der Waals surface area (Å²) in [4.78, 5) is 22.3. The van der Waals surface area contributed by atoms with Gasteiger partial charge in [-0.15, -0.1) is 0 Å². The third kappa shape index (κ3) is 10.6. The average Bonchev–Trinajstić information content (AvgIpc) is 2.41. The quantitative estimate of drug-likeness (QED) is 0.300. The van der Waals surface area contributed by atoms with Crippen molar-refractivity contribution in [3.8, 4) is 0 Å². The highest BCUT2D eigenvalue weighted by molar-refractivity contribution is 7.87. The fourth-order valence-corrected chi connectivity index (χ4v) is 2.68. The molecule has 0 aromatic carbocycles. The van der Waals surface area contributed by atoms with Gasteiger partial charge in [-0.2, -0.15) is 8.42 Å². The molecule has 0 aromatic rings. The minimum Gasteiger partial charge on any atom is -0.465 e. The molecule has 0 fully saturated rings. The molecule has 3 N–H and O–H groups in total. The van der Waals surface area contributed by atoms with Crippen LogP contribution < -0.4 is 5.73 Å². The van der Waals surface area contributed by atoms with Crippen LogP contribution in [0.3, 0.4) is 0 Å². The van der Waals surface area contributed by atoms with Crippen molar-refractivity contribution in [3.05, 3.63) is 0 Å². The average molecular weight is 337 g/mol. The van der Waals surface area contributed by atoms with Gasteiger partial charge in [0.15, 0.2) is 5.25 Å². The van der Waals surface area contributed by atoms with Gasteiger partial charge >= 0.3 is 5.97 Å². The number of hydrogen-bond donors (Lipinski definition) is 2. The maximum atomic E-state index is 11.6. The number of carbonyl (C=O) groups is 2. The zero-order valence-corrected chi connectivity index (χ0v) is 13.9. The molecular weight excluding hydrogens is 310 g/mol. The van der Waals surface area contributed by atoms with Crippen molar-refractivity contribution in [1.82, 2.24) is 0 Å². The Morgan fingerprint density at radius 2 is 1.55 bits per heavy atom. The molecule has 1 amide bonds. The maximum absolute atomic E-state index is 11.6. The van der Waals surface area contributed by atoms with E-state index in [-0.39, 0.29) is 6.61 Å². The molecule has 0 aliphatic heterocycles. The second-order valence-corrected chi connectivity index (χ2v) is 6.92. The summed E-state index contributed by atoms with van der Waals surface area (Å²) in [5.74, 6) is -2.13. The van der Waals surface area contributed by atoms with Gasteiger partial charge in [0.25, 0.3) is 10.1 Å². The molecule has 0 bridgehead atoms. The molecule has 0 rings (SSSR count). The summed E-state index contributed by atoms with van der Waals surface area (Å²) >= 11 is 0. The minimum absolute atomic E-state index is 0.0680. The zero-order valence-electron chi connectivity index (χ0n) is 13.1. The predicted octanol–water partition coefficient (Wildman–Crippen LogP) is 1.80. The number of amides is 1. The van der Waals surface area contributed by atoms with Crippen molar-refractivity contribution in [2.45, 2.75) is 70.0 Å². The van der Waals surface area contributed by atoms with Crippen LogP contribution in [0.5, 0.6) is 0 Å². The van der Waals surface area contributed by atoms with E-state index in [0.29, 0.717) is 6.42 Å². The van der Waals surface area contributed by atoms with Crippen molar-refractivity contribution in [1.29, 1.82) is 0 Å². The smallest absolute Gasteiger partial charge is 0.327 e. The van der Waals surface area contributed by atoms with Crippen LogP contribution >= 0.6 is 0 Å². The van der Waals surface area contributed by atoms with Gasteiger partial charge in [-0.3, -0.25) is 14.1 Å². The van der Waals surface area contributed by atoms with E-state index in [0.717, 1.165) is 19.3 Å². The number of esters is 1. The van der Waals surface area contributed by atoms with Crippen LogP contribution in [0.4, 0.5) is 0 Å². The number of carbonyl (C=O) groups excluding carboxylic acids is 2. The zero-order chi connectivity index (χ0) is 17.0. The maximum Gasteiger partial charge on any atom is 0.327 e. The number of hydrogen-bond acceptors (Lipinski definition) is 5. The van der Waals surface area contributed by atoms with Gasteiger partial charge in [-0.05, 0) is 6.42 Å². The Balaban J connectivity index is 3.89. The van der Waals surface area contributed by atoms with Gasteiger partial charge in [0, 0.05) is 0 Å². The Labute approximate surface area is 132 Å². The predicted molar refractivity (Wildman–Crippen MR) is 82.7 cm³/mol. The van der Waals surface area contributed by atoms with E-state index in [4.69, 9.17) is 15.0 Å². The Hall–Kier alpha value is -1.15. The lowest BCUT2D eigenvalue weighted by molar-refractivity contribution is -0.144. The van der Waals surface area contributed by atoms with Crippen molar-refractivity contribution in [2.75, 3.05) is 6.61 Å². The molecule has 0 aliphatic rings. The Bertz CT molecular complexity index is 435. The number of unbranched alkanes of at least 4 members (excludes halogenated alkanes) is 7. The lowest BCUT2D eigenvalue weighted by Gasteiger charge is -2.11. The van der Waals surface area contributed by atoms with E-state index in [1.165, 1.54) is 25.7 Å². The van der Waals surface area contributed by atoms with Crippen LogP contribution in [-0.2, 0) is 24.4 Å². The molecule has 8 heteroatoms. The van der Waals surface area contributed by atoms with Crippen molar-refractivity contribution >= 4 is 22.0 Å². The molecular formula is C14H27NO6S. The Morgan fingerprint density at radius 3 is 2.00 bits per heavy atom. The van der Waals surface area contributed by atoms with E-state index >= 15 is 0 Å². The van der Waals surface area contributed by atoms with Crippen molar-refractivity contribution < 1.29 is 27.3 Å². The third-order valence-electron chi connectivity index (χ3n) is 3.25. The fourth-order valence-electron chi connectivity index (χ4n) is 1.99. The molecule has 130 valence electrons. The molecule has 0 spiro atoms. The van der Waals surface area contributed by atoms with Crippen LogP contribution in [0.1, 0.15) is 64.7 Å². The topological polar surface area (TPSA) is 124 Å². The molecule has 7 nitrogen and oxygen atoms in total. The van der Waals surface area contributed by atoms with Gasteiger partial charge in [-0.25, -0.2) is 0 Å². The first-order valence-corrected chi connectivity index (χ1v) is 9.20. The van der Waals surface area contributed by atoms with E-state index < -0.39 is 33.7 Å². The molecule has 0 saturated carbocycles. The first-order valence-electron chi connectivity index (χ1n) is 7.70. The third-order valence-corrected chi connectivity index (χ3v) is 4.33. The monoisotopic (exact) mass is 337 g/mol. The number of nitrogens with two attached hydrogens (primary N) is 1. The highest BCUT2D eigenvalue weighted by Gasteiger charge is 2.34. The lowest BCUT2D eigenvalue weighted by atomic mass is 10.1.